The van der Waals surface area contributed by atoms with Crippen molar-refractivity contribution < 1.29 is 9.90 Å². The molecular weight excluding hydrogens is 311 g/mol. The number of H-pyrrole nitrogens is 1. The summed E-state index contributed by atoms with van der Waals surface area (Å²) in [5.74, 6) is -0.293. The number of halogens is 2. The summed E-state index contributed by atoms with van der Waals surface area (Å²) in [7, 11) is 0. The normalized spacial score (nSPS) is 22.4. The van der Waals surface area contributed by atoms with E-state index in [0.717, 1.165) is 36.6 Å². The Bertz CT molecular complexity index is 684. The summed E-state index contributed by atoms with van der Waals surface area (Å²) in [5, 5.41) is 14.4. The molecule has 1 heterocycles. The van der Waals surface area contributed by atoms with Gasteiger partial charge in [0.2, 0.25) is 0 Å². The van der Waals surface area contributed by atoms with Crippen LogP contribution >= 0.6 is 23.2 Å². The quantitative estimate of drug-likeness (QED) is 0.790. The second-order valence-electron chi connectivity index (χ2n) is 5.44. The van der Waals surface area contributed by atoms with Gasteiger partial charge in [-0.1, -0.05) is 36.0 Å². The van der Waals surface area contributed by atoms with Crippen LogP contribution in [0, 0.1) is 0 Å². The van der Waals surface area contributed by atoms with Crippen molar-refractivity contribution in [2.75, 3.05) is 0 Å². The van der Waals surface area contributed by atoms with Crippen LogP contribution in [0.15, 0.2) is 18.2 Å². The lowest BCUT2D eigenvalue weighted by molar-refractivity contribution is 0.0714. The lowest BCUT2D eigenvalue weighted by atomic mass is 9.92. The second kappa shape index (κ2) is 5.87. The lowest BCUT2D eigenvalue weighted by Gasteiger charge is -2.28. The minimum atomic E-state index is -0.486. The van der Waals surface area contributed by atoms with Crippen molar-refractivity contribution >= 4 is 40.0 Å². The maximum Gasteiger partial charge on any atom is 0.269 e. The van der Waals surface area contributed by atoms with Gasteiger partial charge in [-0.05, 0) is 31.0 Å². The topological polar surface area (TPSA) is 65.1 Å². The average Bonchev–Trinajstić information content (AvgIpc) is 2.79. The molecule has 0 radical (unpaired) electrons. The van der Waals surface area contributed by atoms with Crippen molar-refractivity contribution in [3.8, 4) is 0 Å². The number of aromatic nitrogens is 1. The summed E-state index contributed by atoms with van der Waals surface area (Å²) in [4.78, 5) is 15.4. The number of carbonyl (C=O) groups excluding carboxylic acids is 1. The Labute approximate surface area is 132 Å². The SMILES string of the molecule is O=C(NC1CCCCC1O)c1[nH]c2ccc(Cl)cc2c1Cl. The van der Waals surface area contributed by atoms with Crippen LogP contribution in [0.5, 0.6) is 0 Å². The molecular formula is C15H16Cl2N2O2. The van der Waals surface area contributed by atoms with Crippen molar-refractivity contribution in [3.05, 3.63) is 33.9 Å². The number of aliphatic hydroxyl groups is 1. The van der Waals surface area contributed by atoms with E-state index in [9.17, 15) is 9.90 Å². The van der Waals surface area contributed by atoms with Crippen LogP contribution in [0.3, 0.4) is 0 Å². The van der Waals surface area contributed by atoms with Crippen molar-refractivity contribution in [2.45, 2.75) is 37.8 Å². The standard InChI is InChI=1S/C15H16Cl2N2O2/c16-8-5-6-10-9(7-8)13(17)14(18-10)15(21)19-11-3-1-2-4-12(11)20/h5-7,11-12,18,20H,1-4H2,(H,19,21). The first-order chi connectivity index (χ1) is 10.1. The molecule has 21 heavy (non-hydrogen) atoms. The third kappa shape index (κ3) is 2.89. The first-order valence-electron chi connectivity index (χ1n) is 7.02. The number of hydrogen-bond acceptors (Lipinski definition) is 2. The van der Waals surface area contributed by atoms with Crippen LogP contribution in [-0.2, 0) is 0 Å². The number of hydrogen-bond donors (Lipinski definition) is 3. The maximum absolute atomic E-state index is 12.4. The zero-order chi connectivity index (χ0) is 15.0. The minimum Gasteiger partial charge on any atom is -0.391 e. The van der Waals surface area contributed by atoms with Crippen molar-refractivity contribution in [2.24, 2.45) is 0 Å². The van der Waals surface area contributed by atoms with Crippen molar-refractivity contribution in [3.63, 3.8) is 0 Å². The number of benzene rings is 1. The van der Waals surface area contributed by atoms with Gasteiger partial charge >= 0.3 is 0 Å². The molecule has 112 valence electrons. The average molecular weight is 327 g/mol. The van der Waals surface area contributed by atoms with Gasteiger partial charge in [0.05, 0.1) is 17.2 Å². The first-order valence-corrected chi connectivity index (χ1v) is 7.77. The van der Waals surface area contributed by atoms with Crippen LogP contribution in [-0.4, -0.2) is 28.1 Å². The Morgan fingerprint density at radius 3 is 2.81 bits per heavy atom. The molecule has 1 aliphatic rings. The van der Waals surface area contributed by atoms with Gasteiger partial charge < -0.3 is 15.4 Å². The predicted molar refractivity (Wildman–Crippen MR) is 84.0 cm³/mol. The molecule has 6 heteroatoms. The van der Waals surface area contributed by atoms with Crippen molar-refractivity contribution in [1.82, 2.24) is 10.3 Å². The van der Waals surface area contributed by atoms with E-state index < -0.39 is 6.10 Å². The number of aliphatic hydroxyl groups excluding tert-OH is 1. The van der Waals surface area contributed by atoms with Crippen LogP contribution in [0.4, 0.5) is 0 Å². The molecule has 4 nitrogen and oxygen atoms in total. The molecule has 0 bridgehead atoms. The molecule has 2 aromatic rings. The summed E-state index contributed by atoms with van der Waals surface area (Å²) in [5.41, 5.74) is 1.07. The smallest absolute Gasteiger partial charge is 0.269 e. The fourth-order valence-corrected chi connectivity index (χ4v) is 3.27. The Kier molecular flexibility index (Phi) is 4.11. The van der Waals surface area contributed by atoms with E-state index in [4.69, 9.17) is 23.2 Å². The van der Waals surface area contributed by atoms with E-state index in [0.29, 0.717) is 15.7 Å². The highest BCUT2D eigenvalue weighted by atomic mass is 35.5. The molecule has 1 amide bonds. The Hall–Kier alpha value is -1.23. The van der Waals surface area contributed by atoms with Gasteiger partial charge in [-0.2, -0.15) is 0 Å². The van der Waals surface area contributed by atoms with Crippen LogP contribution in [0.2, 0.25) is 10.0 Å². The number of rotatable bonds is 2. The minimum absolute atomic E-state index is 0.211. The molecule has 1 aliphatic carbocycles. The number of fused-ring (bicyclic) bond motifs is 1. The highest BCUT2D eigenvalue weighted by Gasteiger charge is 2.26. The van der Waals surface area contributed by atoms with E-state index >= 15 is 0 Å². The number of nitrogens with one attached hydrogen (secondary N) is 2. The molecule has 1 fully saturated rings. The van der Waals surface area contributed by atoms with Crippen LogP contribution < -0.4 is 5.32 Å². The molecule has 0 aliphatic heterocycles. The van der Waals surface area contributed by atoms with Gasteiger partial charge in [-0.15, -0.1) is 0 Å². The Balaban J connectivity index is 1.86. The summed E-state index contributed by atoms with van der Waals surface area (Å²) in [6.45, 7) is 0. The zero-order valence-electron chi connectivity index (χ0n) is 11.3. The largest absolute Gasteiger partial charge is 0.391 e. The number of carbonyl (C=O) groups is 1. The van der Waals surface area contributed by atoms with Crippen molar-refractivity contribution in [1.29, 1.82) is 0 Å². The molecule has 1 saturated carbocycles. The van der Waals surface area contributed by atoms with Crippen LogP contribution in [0.25, 0.3) is 10.9 Å². The van der Waals surface area contributed by atoms with Gasteiger partial charge in [-0.25, -0.2) is 0 Å². The van der Waals surface area contributed by atoms with E-state index in [1.807, 2.05) is 0 Å². The third-order valence-electron chi connectivity index (χ3n) is 3.97. The summed E-state index contributed by atoms with van der Waals surface area (Å²) in [6, 6.07) is 5.04. The third-order valence-corrected chi connectivity index (χ3v) is 4.60. The fraction of sp³-hybridized carbons (Fsp3) is 0.400. The molecule has 2 atom stereocenters. The predicted octanol–water partition coefficient (Wildman–Crippen LogP) is 3.51. The highest BCUT2D eigenvalue weighted by molar-refractivity contribution is 6.39. The molecule has 0 spiro atoms. The summed E-state index contributed by atoms with van der Waals surface area (Å²) < 4.78 is 0. The fourth-order valence-electron chi connectivity index (χ4n) is 2.81. The first kappa shape index (κ1) is 14.7. The van der Waals surface area contributed by atoms with E-state index in [1.54, 1.807) is 18.2 Å². The van der Waals surface area contributed by atoms with E-state index in [-0.39, 0.29) is 11.9 Å². The Morgan fingerprint density at radius 1 is 1.29 bits per heavy atom. The summed E-state index contributed by atoms with van der Waals surface area (Å²) in [6.07, 6.45) is 3.04. The lowest BCUT2D eigenvalue weighted by Crippen LogP contribution is -2.45. The van der Waals surface area contributed by atoms with Gasteiger partial charge in [-0.3, -0.25) is 4.79 Å². The molecule has 1 aromatic carbocycles. The molecule has 0 saturated heterocycles. The molecule has 3 N–H and O–H groups in total. The summed E-state index contributed by atoms with van der Waals surface area (Å²) >= 11 is 12.2. The highest BCUT2D eigenvalue weighted by Crippen LogP contribution is 2.30. The van der Waals surface area contributed by atoms with Crippen LogP contribution in [0.1, 0.15) is 36.2 Å². The molecule has 2 unspecified atom stereocenters. The second-order valence-corrected chi connectivity index (χ2v) is 6.25. The maximum atomic E-state index is 12.4. The van der Waals surface area contributed by atoms with Gasteiger partial charge in [0.25, 0.3) is 5.91 Å². The van der Waals surface area contributed by atoms with Gasteiger partial charge in [0, 0.05) is 15.9 Å². The van der Waals surface area contributed by atoms with Gasteiger partial charge in [0.1, 0.15) is 5.69 Å². The van der Waals surface area contributed by atoms with E-state index in [2.05, 4.69) is 10.3 Å². The van der Waals surface area contributed by atoms with E-state index in [1.165, 1.54) is 0 Å². The molecule has 1 aromatic heterocycles. The monoisotopic (exact) mass is 326 g/mol. The number of aromatic amines is 1. The Morgan fingerprint density at radius 2 is 2.05 bits per heavy atom. The zero-order valence-corrected chi connectivity index (χ0v) is 12.8. The molecule has 3 rings (SSSR count). The number of amides is 1. The van der Waals surface area contributed by atoms with Gasteiger partial charge in [0.15, 0.2) is 0 Å².